The highest BCUT2D eigenvalue weighted by Gasteiger charge is 2.23. The molecule has 0 fully saturated rings. The van der Waals surface area contributed by atoms with Crippen LogP contribution in [0.3, 0.4) is 0 Å². The second-order valence-corrected chi connectivity index (χ2v) is 8.05. The van der Waals surface area contributed by atoms with Crippen LogP contribution in [-0.4, -0.2) is 50.1 Å². The molecule has 2 aromatic rings. The first-order valence-corrected chi connectivity index (χ1v) is 10.0. The molecule has 3 rings (SSSR count). The highest BCUT2D eigenvalue weighted by molar-refractivity contribution is 7.94. The number of carbonyl (C=O) groups is 1. The van der Waals surface area contributed by atoms with Crippen LogP contribution < -0.4 is 20.3 Å². The molecule has 10 heteroatoms. The van der Waals surface area contributed by atoms with Crippen molar-refractivity contribution in [2.75, 3.05) is 20.0 Å². The van der Waals surface area contributed by atoms with Crippen LogP contribution in [0.1, 0.15) is 0 Å². The van der Waals surface area contributed by atoms with Crippen molar-refractivity contribution in [2.24, 2.45) is 0 Å². The predicted octanol–water partition coefficient (Wildman–Crippen LogP) is 0.354. The number of amides is 1. The van der Waals surface area contributed by atoms with Crippen molar-refractivity contribution in [1.82, 2.24) is 15.1 Å². The summed E-state index contributed by atoms with van der Waals surface area (Å²) in [6.07, 6.45) is 1.41. The maximum absolute atomic E-state index is 12.2. The number of benzene rings is 1. The Kier molecular flexibility index (Phi) is 5.50. The molecule has 1 amide bonds. The molecule has 0 saturated carbocycles. The van der Waals surface area contributed by atoms with E-state index in [0.717, 1.165) is 10.1 Å². The molecule has 0 spiro atoms. The summed E-state index contributed by atoms with van der Waals surface area (Å²) in [7, 11) is -0.240. The number of ether oxygens (including phenoxy) is 2. The van der Waals surface area contributed by atoms with Crippen molar-refractivity contribution in [1.29, 1.82) is 0 Å². The average Bonchev–Trinajstić information content (AvgIpc) is 3.01. The minimum Gasteiger partial charge on any atom is -0.493 e. The zero-order valence-corrected chi connectivity index (χ0v) is 16.1. The van der Waals surface area contributed by atoms with Gasteiger partial charge in [-0.05, 0) is 30.3 Å². The molecule has 1 unspecified atom stereocenters. The highest BCUT2D eigenvalue weighted by Crippen LogP contribution is 2.31. The van der Waals surface area contributed by atoms with E-state index in [-0.39, 0.29) is 12.3 Å². The Balaban J connectivity index is 1.79. The van der Waals surface area contributed by atoms with Gasteiger partial charge in [0.15, 0.2) is 21.3 Å². The van der Waals surface area contributed by atoms with E-state index in [9.17, 15) is 18.0 Å². The van der Waals surface area contributed by atoms with Crippen molar-refractivity contribution in [3.8, 4) is 22.8 Å². The molecular weight excluding hydrogens is 386 g/mol. The Labute approximate surface area is 161 Å². The quantitative estimate of drug-likeness (QED) is 0.737. The van der Waals surface area contributed by atoms with Crippen molar-refractivity contribution in [2.45, 2.75) is 12.6 Å². The van der Waals surface area contributed by atoms with E-state index in [0.29, 0.717) is 22.8 Å². The molecule has 148 valence electrons. The molecule has 1 aromatic heterocycles. The molecule has 28 heavy (non-hydrogen) atoms. The molecule has 1 aliphatic rings. The Hall–Kier alpha value is -3.14. The van der Waals surface area contributed by atoms with Crippen LogP contribution in [0.4, 0.5) is 0 Å². The summed E-state index contributed by atoms with van der Waals surface area (Å²) in [6.45, 7) is -0.329. The van der Waals surface area contributed by atoms with Crippen LogP contribution >= 0.6 is 0 Å². The number of aromatic nitrogens is 2. The van der Waals surface area contributed by atoms with Crippen molar-refractivity contribution >= 4 is 15.7 Å². The van der Waals surface area contributed by atoms with Gasteiger partial charge in [0.1, 0.15) is 6.54 Å². The Morgan fingerprint density at radius 2 is 1.96 bits per heavy atom. The van der Waals surface area contributed by atoms with Crippen LogP contribution in [-0.2, 0) is 21.2 Å². The SMILES string of the molecule is COc1ccc(-c2ccc(=O)n(CC(=O)NC3C=CS(=O)(=O)C3)n2)cc1OC. The monoisotopic (exact) mass is 405 g/mol. The van der Waals surface area contributed by atoms with Gasteiger partial charge in [-0.1, -0.05) is 0 Å². The number of nitrogens with one attached hydrogen (secondary N) is 1. The van der Waals surface area contributed by atoms with Crippen molar-refractivity contribution < 1.29 is 22.7 Å². The summed E-state index contributed by atoms with van der Waals surface area (Å²) in [5.41, 5.74) is 0.697. The zero-order valence-electron chi connectivity index (χ0n) is 15.3. The molecular formula is C18H19N3O6S. The number of hydrogen-bond acceptors (Lipinski definition) is 7. The topological polar surface area (TPSA) is 117 Å². The minimum atomic E-state index is -3.28. The van der Waals surface area contributed by atoms with E-state index in [1.54, 1.807) is 24.3 Å². The van der Waals surface area contributed by atoms with Gasteiger partial charge in [-0.15, -0.1) is 0 Å². The third kappa shape index (κ3) is 4.39. The lowest BCUT2D eigenvalue weighted by molar-refractivity contribution is -0.122. The molecule has 0 saturated heterocycles. The Bertz CT molecular complexity index is 1090. The first kappa shape index (κ1) is 19.6. The van der Waals surface area contributed by atoms with Crippen LogP contribution in [0.15, 0.2) is 46.6 Å². The highest BCUT2D eigenvalue weighted by atomic mass is 32.2. The number of nitrogens with zero attached hydrogens (tertiary/aromatic N) is 2. The van der Waals surface area contributed by atoms with Crippen molar-refractivity contribution in [3.05, 3.63) is 52.2 Å². The van der Waals surface area contributed by atoms with E-state index in [1.807, 2.05) is 0 Å². The summed E-state index contributed by atoms with van der Waals surface area (Å²) < 4.78 is 34.3. The molecule has 0 radical (unpaired) electrons. The largest absolute Gasteiger partial charge is 0.493 e. The molecule has 9 nitrogen and oxygen atoms in total. The fourth-order valence-corrected chi connectivity index (χ4v) is 4.00. The standard InChI is InChI=1S/C18H19N3O6S/c1-26-15-5-3-12(9-16(15)27-2)14-4-6-18(23)21(20-14)10-17(22)19-13-7-8-28(24,25)11-13/h3-9,13H,10-11H2,1-2H3,(H,19,22). The van der Waals surface area contributed by atoms with Gasteiger partial charge in [0.05, 0.1) is 31.7 Å². The van der Waals surface area contributed by atoms with E-state index >= 15 is 0 Å². The van der Waals surface area contributed by atoms with Gasteiger partial charge in [0.25, 0.3) is 5.56 Å². The zero-order chi connectivity index (χ0) is 20.3. The number of methoxy groups -OCH3 is 2. The summed E-state index contributed by atoms with van der Waals surface area (Å²) in [6, 6.07) is 7.43. The van der Waals surface area contributed by atoms with Gasteiger partial charge in [0.2, 0.25) is 5.91 Å². The fourth-order valence-electron chi connectivity index (χ4n) is 2.77. The summed E-state index contributed by atoms with van der Waals surface area (Å²) in [5.74, 6) is 0.364. The fraction of sp³-hybridized carbons (Fsp3) is 0.278. The first-order valence-electron chi connectivity index (χ1n) is 8.32. The van der Waals surface area contributed by atoms with Crippen LogP contribution in [0.5, 0.6) is 11.5 Å². The second-order valence-electron chi connectivity index (χ2n) is 6.12. The van der Waals surface area contributed by atoms with Gasteiger partial charge in [-0.25, -0.2) is 13.1 Å². The third-order valence-corrected chi connectivity index (χ3v) is 5.51. The number of sulfone groups is 1. The van der Waals surface area contributed by atoms with E-state index in [2.05, 4.69) is 10.4 Å². The Morgan fingerprint density at radius 1 is 1.21 bits per heavy atom. The summed E-state index contributed by atoms with van der Waals surface area (Å²) in [4.78, 5) is 24.3. The number of carbonyl (C=O) groups excluding carboxylic acids is 1. The van der Waals surface area contributed by atoms with Crippen LogP contribution in [0.25, 0.3) is 11.3 Å². The first-order chi connectivity index (χ1) is 13.3. The number of hydrogen-bond donors (Lipinski definition) is 1. The lowest BCUT2D eigenvalue weighted by Crippen LogP contribution is -2.39. The normalized spacial score (nSPS) is 17.3. The number of rotatable bonds is 6. The lowest BCUT2D eigenvalue weighted by Gasteiger charge is -2.12. The van der Waals surface area contributed by atoms with Gasteiger partial charge in [0, 0.05) is 17.0 Å². The molecule has 1 aliphatic heterocycles. The second kappa shape index (κ2) is 7.85. The average molecular weight is 405 g/mol. The molecule has 1 aromatic carbocycles. The van der Waals surface area contributed by atoms with Gasteiger partial charge < -0.3 is 14.8 Å². The molecule has 1 atom stereocenters. The summed E-state index contributed by atoms with van der Waals surface area (Å²) in [5, 5.41) is 7.86. The van der Waals surface area contributed by atoms with E-state index in [1.165, 1.54) is 26.4 Å². The van der Waals surface area contributed by atoms with Gasteiger partial charge in [-0.2, -0.15) is 5.10 Å². The van der Waals surface area contributed by atoms with Gasteiger partial charge >= 0.3 is 0 Å². The smallest absolute Gasteiger partial charge is 0.267 e. The maximum atomic E-state index is 12.2. The van der Waals surface area contributed by atoms with E-state index in [4.69, 9.17) is 9.47 Å². The molecule has 0 bridgehead atoms. The Morgan fingerprint density at radius 3 is 2.61 bits per heavy atom. The predicted molar refractivity (Wildman–Crippen MR) is 102 cm³/mol. The third-order valence-electron chi connectivity index (χ3n) is 4.12. The van der Waals surface area contributed by atoms with Gasteiger partial charge in [-0.3, -0.25) is 9.59 Å². The van der Waals surface area contributed by atoms with Crippen LogP contribution in [0.2, 0.25) is 0 Å². The summed E-state index contributed by atoms with van der Waals surface area (Å²) >= 11 is 0. The maximum Gasteiger partial charge on any atom is 0.267 e. The minimum absolute atomic E-state index is 0.188. The molecule has 2 heterocycles. The van der Waals surface area contributed by atoms with Crippen molar-refractivity contribution in [3.63, 3.8) is 0 Å². The molecule has 0 aliphatic carbocycles. The van der Waals surface area contributed by atoms with E-state index < -0.39 is 27.3 Å². The van der Waals surface area contributed by atoms with Crippen LogP contribution in [0, 0.1) is 0 Å². The molecule has 1 N–H and O–H groups in total. The lowest BCUT2D eigenvalue weighted by atomic mass is 10.1.